The van der Waals surface area contributed by atoms with Crippen LogP contribution in [0.4, 0.5) is 8.78 Å². The van der Waals surface area contributed by atoms with Gasteiger partial charge in [-0.15, -0.1) is 0 Å². The molecule has 2 aromatic heterocycles. The van der Waals surface area contributed by atoms with Crippen LogP contribution in [0.2, 0.25) is 0 Å². The monoisotopic (exact) mass is 408 g/mol. The lowest BCUT2D eigenvalue weighted by Gasteiger charge is -2.21. The summed E-state index contributed by atoms with van der Waals surface area (Å²) in [6, 6.07) is 7.14. The van der Waals surface area contributed by atoms with Gasteiger partial charge in [0.05, 0.1) is 28.8 Å². The summed E-state index contributed by atoms with van der Waals surface area (Å²) in [5.41, 5.74) is -1.84. The Morgan fingerprint density at radius 3 is 2.50 bits per heavy atom. The van der Waals surface area contributed by atoms with Gasteiger partial charge in [-0.3, -0.25) is 9.59 Å². The Balaban J connectivity index is 2.01. The number of carbonyl (C=O) groups excluding carboxylic acids is 1. The van der Waals surface area contributed by atoms with E-state index in [0.717, 1.165) is 0 Å². The van der Waals surface area contributed by atoms with E-state index in [2.05, 4.69) is 20.3 Å². The molecule has 0 saturated heterocycles. The number of amides is 1. The number of aromatic nitrogens is 3. The Kier molecular flexibility index (Phi) is 5.26. The number of carbonyl (C=O) groups is 1. The second-order valence-electron chi connectivity index (χ2n) is 6.51. The van der Waals surface area contributed by atoms with Gasteiger partial charge in [0.25, 0.3) is 11.5 Å². The molecular formula is C20H14F2N6O2. The minimum Gasteiger partial charge on any atom is -0.341 e. The molecule has 0 unspecified atom stereocenters. The molecule has 0 fully saturated rings. The van der Waals surface area contributed by atoms with Gasteiger partial charge in [0.15, 0.2) is 0 Å². The highest BCUT2D eigenvalue weighted by Crippen LogP contribution is 2.32. The molecule has 0 bridgehead atoms. The van der Waals surface area contributed by atoms with Crippen LogP contribution >= 0.6 is 0 Å². The second kappa shape index (κ2) is 7.68. The summed E-state index contributed by atoms with van der Waals surface area (Å²) >= 11 is 0. The van der Waals surface area contributed by atoms with Crippen LogP contribution in [-0.4, -0.2) is 20.9 Å². The molecule has 10 heteroatoms. The number of halogens is 2. The number of nitriles is 2. The Morgan fingerprint density at radius 1 is 1.23 bits per heavy atom. The first kappa shape index (κ1) is 20.6. The fourth-order valence-corrected chi connectivity index (χ4v) is 3.10. The molecule has 3 aromatic rings. The Morgan fingerprint density at radius 2 is 1.90 bits per heavy atom. The van der Waals surface area contributed by atoms with Crippen LogP contribution in [0.1, 0.15) is 41.0 Å². The maximum Gasteiger partial charge on any atom is 0.355 e. The first-order valence-electron chi connectivity index (χ1n) is 8.67. The normalized spacial score (nSPS) is 12.1. The third kappa shape index (κ3) is 3.47. The molecule has 0 saturated carbocycles. The van der Waals surface area contributed by atoms with E-state index >= 15 is 8.78 Å². The van der Waals surface area contributed by atoms with Gasteiger partial charge in [-0.1, -0.05) is 6.07 Å². The van der Waals surface area contributed by atoms with Crippen molar-refractivity contribution < 1.29 is 13.6 Å². The van der Waals surface area contributed by atoms with Crippen molar-refractivity contribution in [3.05, 3.63) is 69.0 Å². The Hall–Kier alpha value is -4.18. The first-order valence-corrected chi connectivity index (χ1v) is 8.67. The van der Waals surface area contributed by atoms with Gasteiger partial charge in [-0.05, 0) is 31.5 Å². The summed E-state index contributed by atoms with van der Waals surface area (Å²) in [4.78, 5) is 34.8. The van der Waals surface area contributed by atoms with Crippen LogP contribution in [0.5, 0.6) is 0 Å². The molecule has 1 atom stereocenters. The predicted molar refractivity (Wildman–Crippen MR) is 101 cm³/mol. The van der Waals surface area contributed by atoms with Crippen LogP contribution in [0.3, 0.4) is 0 Å². The molecule has 1 amide bonds. The van der Waals surface area contributed by atoms with Gasteiger partial charge in [-0.25, -0.2) is 9.97 Å². The molecular weight excluding hydrogens is 394 g/mol. The van der Waals surface area contributed by atoms with Gasteiger partial charge in [-0.2, -0.15) is 19.3 Å². The Bertz CT molecular complexity index is 1290. The van der Waals surface area contributed by atoms with Gasteiger partial charge in [0, 0.05) is 23.3 Å². The fourth-order valence-electron chi connectivity index (χ4n) is 3.10. The zero-order valence-electron chi connectivity index (χ0n) is 15.8. The molecule has 150 valence electrons. The molecule has 0 aliphatic heterocycles. The third-order valence-corrected chi connectivity index (χ3v) is 4.55. The summed E-state index contributed by atoms with van der Waals surface area (Å²) in [5.74, 6) is -5.88. The number of aromatic amines is 1. The SMILES string of the molecule is Cc1c(C(F)(F)C(=O)N[C@H](C)c2ncc(C#N)cn2)c(=O)[nH]c2cccc(C#N)c12. The molecule has 2 heterocycles. The minimum atomic E-state index is -4.19. The van der Waals surface area contributed by atoms with E-state index in [-0.39, 0.29) is 33.4 Å². The minimum absolute atomic E-state index is 0.0223. The smallest absolute Gasteiger partial charge is 0.341 e. The maximum atomic E-state index is 15.0. The number of nitrogens with one attached hydrogen (secondary N) is 2. The molecule has 0 radical (unpaired) electrons. The van der Waals surface area contributed by atoms with E-state index in [9.17, 15) is 14.9 Å². The number of nitrogens with zero attached hydrogens (tertiary/aromatic N) is 4. The van der Waals surface area contributed by atoms with E-state index in [0.29, 0.717) is 0 Å². The average molecular weight is 408 g/mol. The topological polar surface area (TPSA) is 135 Å². The van der Waals surface area contributed by atoms with Gasteiger partial charge >= 0.3 is 5.92 Å². The highest BCUT2D eigenvalue weighted by atomic mass is 19.3. The fraction of sp³-hybridized carbons (Fsp3) is 0.200. The zero-order valence-corrected chi connectivity index (χ0v) is 15.8. The number of hydrogen-bond donors (Lipinski definition) is 2. The quantitative estimate of drug-likeness (QED) is 0.680. The number of H-pyrrole nitrogens is 1. The number of aryl methyl sites for hydroxylation is 1. The van der Waals surface area contributed by atoms with Crippen molar-refractivity contribution in [3.8, 4) is 12.1 Å². The van der Waals surface area contributed by atoms with Crippen molar-refractivity contribution in [2.45, 2.75) is 25.8 Å². The van der Waals surface area contributed by atoms with Gasteiger partial charge < -0.3 is 10.3 Å². The summed E-state index contributed by atoms with van der Waals surface area (Å²) < 4.78 is 30.1. The van der Waals surface area contributed by atoms with Crippen molar-refractivity contribution >= 4 is 16.8 Å². The van der Waals surface area contributed by atoms with E-state index in [1.807, 2.05) is 12.1 Å². The summed E-state index contributed by atoms with van der Waals surface area (Å²) in [7, 11) is 0. The number of alkyl halides is 2. The van der Waals surface area contributed by atoms with Crippen molar-refractivity contribution in [2.24, 2.45) is 0 Å². The van der Waals surface area contributed by atoms with E-state index in [4.69, 9.17) is 5.26 Å². The highest BCUT2D eigenvalue weighted by Gasteiger charge is 2.45. The van der Waals surface area contributed by atoms with Crippen molar-refractivity contribution in [3.63, 3.8) is 0 Å². The van der Waals surface area contributed by atoms with Gasteiger partial charge in [0.2, 0.25) is 0 Å². The van der Waals surface area contributed by atoms with E-state index in [1.54, 1.807) is 0 Å². The van der Waals surface area contributed by atoms with E-state index < -0.39 is 29.0 Å². The molecule has 0 aliphatic rings. The molecule has 3 rings (SSSR count). The predicted octanol–water partition coefficient (Wildman–Crippen LogP) is 2.34. The third-order valence-electron chi connectivity index (χ3n) is 4.55. The Labute approximate surface area is 168 Å². The molecule has 2 N–H and O–H groups in total. The summed E-state index contributed by atoms with van der Waals surface area (Å²) in [5, 5.41) is 20.3. The molecule has 1 aromatic carbocycles. The van der Waals surface area contributed by atoms with Crippen LogP contribution in [0.15, 0.2) is 35.4 Å². The van der Waals surface area contributed by atoms with E-state index in [1.165, 1.54) is 44.4 Å². The molecule has 8 nitrogen and oxygen atoms in total. The number of benzene rings is 1. The average Bonchev–Trinajstić information content (AvgIpc) is 2.72. The molecule has 0 aliphatic carbocycles. The van der Waals surface area contributed by atoms with Crippen LogP contribution in [0, 0.1) is 29.6 Å². The number of fused-ring (bicyclic) bond motifs is 1. The largest absolute Gasteiger partial charge is 0.355 e. The maximum absolute atomic E-state index is 15.0. The summed E-state index contributed by atoms with van der Waals surface area (Å²) in [6.45, 7) is 2.66. The number of pyridine rings is 1. The highest BCUT2D eigenvalue weighted by molar-refractivity contribution is 5.92. The zero-order chi connectivity index (χ0) is 22.1. The molecule has 0 spiro atoms. The number of rotatable bonds is 4. The molecule has 30 heavy (non-hydrogen) atoms. The van der Waals surface area contributed by atoms with Crippen molar-refractivity contribution in [1.29, 1.82) is 10.5 Å². The second-order valence-corrected chi connectivity index (χ2v) is 6.51. The summed E-state index contributed by atoms with van der Waals surface area (Å²) in [6.07, 6.45) is 2.40. The standard InChI is InChI=1S/C20H14F2N6O2/c1-10-15-13(7-24)4-3-5-14(15)28-18(29)16(10)20(21,22)19(30)27-11(2)17-25-8-12(6-23)9-26-17/h3-5,8-9,11H,1-2H3,(H,27,30)(H,28,29)/t11-/m1/s1. The first-order chi connectivity index (χ1) is 14.2. The van der Waals surface area contributed by atoms with Crippen molar-refractivity contribution in [2.75, 3.05) is 0 Å². The van der Waals surface area contributed by atoms with Crippen molar-refractivity contribution in [1.82, 2.24) is 20.3 Å². The van der Waals surface area contributed by atoms with Gasteiger partial charge in [0.1, 0.15) is 11.9 Å². The van der Waals surface area contributed by atoms with Crippen LogP contribution < -0.4 is 10.9 Å². The number of hydrogen-bond acceptors (Lipinski definition) is 6. The lowest BCUT2D eigenvalue weighted by atomic mass is 9.96. The lowest BCUT2D eigenvalue weighted by molar-refractivity contribution is -0.148. The van der Waals surface area contributed by atoms with Crippen LogP contribution in [-0.2, 0) is 10.7 Å². The van der Waals surface area contributed by atoms with Crippen LogP contribution in [0.25, 0.3) is 10.9 Å². The lowest BCUT2D eigenvalue weighted by Crippen LogP contribution is -2.43.